The zero-order chi connectivity index (χ0) is 15.4. The van der Waals surface area contributed by atoms with E-state index in [0.29, 0.717) is 24.0 Å². The molecule has 0 unspecified atom stereocenters. The van der Waals surface area contributed by atoms with Crippen LogP contribution in [0.5, 0.6) is 0 Å². The summed E-state index contributed by atoms with van der Waals surface area (Å²) in [7, 11) is 0. The predicted octanol–water partition coefficient (Wildman–Crippen LogP) is 0.634. The number of aliphatic carboxylic acids is 1. The molecule has 0 radical (unpaired) electrons. The molecule has 2 amide bonds. The fourth-order valence-corrected chi connectivity index (χ4v) is 2.53. The molecule has 0 atom stereocenters. The van der Waals surface area contributed by atoms with Crippen LogP contribution in [-0.4, -0.2) is 46.9 Å². The molecule has 0 aromatic heterocycles. The molecule has 1 N–H and O–H groups in total. The van der Waals surface area contributed by atoms with E-state index in [1.54, 1.807) is 0 Å². The van der Waals surface area contributed by atoms with Crippen LogP contribution in [0.4, 0.5) is 0 Å². The zero-order valence-corrected chi connectivity index (χ0v) is 11.6. The Morgan fingerprint density at radius 3 is 2.14 bits per heavy atom. The van der Waals surface area contributed by atoms with Gasteiger partial charge in [0.1, 0.15) is 6.61 Å². The average Bonchev–Trinajstić information content (AvgIpc) is 2.70. The van der Waals surface area contributed by atoms with Crippen molar-refractivity contribution < 1.29 is 29.0 Å². The van der Waals surface area contributed by atoms with Crippen LogP contribution in [0.3, 0.4) is 0 Å². The number of rotatable bonds is 6. The number of carboxylic acids is 1. The number of hydrogen-bond acceptors (Lipinski definition) is 5. The minimum absolute atomic E-state index is 0.0173. The maximum absolute atomic E-state index is 12.1. The van der Waals surface area contributed by atoms with E-state index in [1.807, 2.05) is 0 Å². The molecular formula is C14H17NO6. The molecule has 0 saturated heterocycles. The summed E-state index contributed by atoms with van der Waals surface area (Å²) in [5.41, 5.74) is 1.20. The van der Waals surface area contributed by atoms with E-state index >= 15 is 0 Å². The quantitative estimate of drug-likeness (QED) is 0.570. The van der Waals surface area contributed by atoms with Gasteiger partial charge in [0.2, 0.25) is 0 Å². The van der Waals surface area contributed by atoms with Crippen molar-refractivity contribution in [1.29, 1.82) is 0 Å². The molecule has 1 heterocycles. The molecule has 2 rings (SSSR count). The van der Waals surface area contributed by atoms with Crippen LogP contribution >= 0.6 is 0 Å². The van der Waals surface area contributed by atoms with Crippen LogP contribution in [0.25, 0.3) is 0 Å². The highest BCUT2D eigenvalue weighted by Gasteiger charge is 2.38. The summed E-state index contributed by atoms with van der Waals surface area (Å²) >= 11 is 0. The van der Waals surface area contributed by atoms with Crippen LogP contribution in [-0.2, 0) is 23.9 Å². The van der Waals surface area contributed by atoms with Crippen LogP contribution in [0.15, 0.2) is 11.1 Å². The van der Waals surface area contributed by atoms with Crippen LogP contribution in [0, 0.1) is 0 Å². The number of esters is 1. The third-order valence-corrected chi connectivity index (χ3v) is 3.60. The molecule has 7 heteroatoms. The molecule has 0 bridgehead atoms. The highest BCUT2D eigenvalue weighted by Crippen LogP contribution is 2.32. The molecule has 0 spiro atoms. The van der Waals surface area contributed by atoms with E-state index in [4.69, 9.17) is 9.84 Å². The minimum Gasteiger partial charge on any atom is -0.481 e. The van der Waals surface area contributed by atoms with Gasteiger partial charge < -0.3 is 9.84 Å². The van der Waals surface area contributed by atoms with Gasteiger partial charge in [0.25, 0.3) is 11.8 Å². The first kappa shape index (κ1) is 15.2. The Labute approximate surface area is 121 Å². The number of carboxylic acid groups (broad SMARTS) is 1. The van der Waals surface area contributed by atoms with Gasteiger partial charge in [-0.15, -0.1) is 0 Å². The van der Waals surface area contributed by atoms with Crippen molar-refractivity contribution in [3.8, 4) is 0 Å². The fourth-order valence-electron chi connectivity index (χ4n) is 2.53. The largest absolute Gasteiger partial charge is 0.481 e. The summed E-state index contributed by atoms with van der Waals surface area (Å²) in [6.07, 6.45) is 2.58. The lowest BCUT2D eigenvalue weighted by atomic mass is 9.93. The van der Waals surface area contributed by atoms with Crippen LogP contribution in [0.1, 0.15) is 38.5 Å². The first-order valence-electron chi connectivity index (χ1n) is 6.96. The predicted molar refractivity (Wildman–Crippen MR) is 70.0 cm³/mol. The summed E-state index contributed by atoms with van der Waals surface area (Å²) in [6, 6.07) is 0. The smallest absolute Gasteiger partial charge is 0.306 e. The Morgan fingerprint density at radius 2 is 1.62 bits per heavy atom. The van der Waals surface area contributed by atoms with Crippen molar-refractivity contribution >= 4 is 23.8 Å². The lowest BCUT2D eigenvalue weighted by molar-refractivity contribution is -0.149. The molecule has 0 saturated carbocycles. The Balaban J connectivity index is 1.80. The summed E-state index contributed by atoms with van der Waals surface area (Å²) in [6.45, 7) is -0.0834. The lowest BCUT2D eigenvalue weighted by Gasteiger charge is -2.14. The van der Waals surface area contributed by atoms with E-state index in [9.17, 15) is 19.2 Å². The van der Waals surface area contributed by atoms with E-state index in [2.05, 4.69) is 0 Å². The van der Waals surface area contributed by atoms with Crippen LogP contribution < -0.4 is 0 Å². The van der Waals surface area contributed by atoms with Gasteiger partial charge in [-0.05, 0) is 25.7 Å². The highest BCUT2D eigenvalue weighted by molar-refractivity contribution is 6.19. The number of carbonyl (C=O) groups is 4. The zero-order valence-electron chi connectivity index (χ0n) is 11.6. The fraction of sp³-hybridized carbons (Fsp3) is 0.571. The molecule has 7 nitrogen and oxygen atoms in total. The van der Waals surface area contributed by atoms with Crippen molar-refractivity contribution in [3.05, 3.63) is 11.1 Å². The average molecular weight is 295 g/mol. The molecular weight excluding hydrogens is 278 g/mol. The topological polar surface area (TPSA) is 101 Å². The van der Waals surface area contributed by atoms with E-state index < -0.39 is 11.9 Å². The Hall–Kier alpha value is -2.18. The van der Waals surface area contributed by atoms with Gasteiger partial charge >= 0.3 is 11.9 Å². The van der Waals surface area contributed by atoms with Crippen molar-refractivity contribution in [2.75, 3.05) is 13.2 Å². The van der Waals surface area contributed by atoms with Gasteiger partial charge in [0.15, 0.2) is 0 Å². The molecule has 0 fully saturated rings. The summed E-state index contributed by atoms with van der Waals surface area (Å²) in [5.74, 6) is -2.28. The number of amides is 2. The Morgan fingerprint density at radius 1 is 1.05 bits per heavy atom. The van der Waals surface area contributed by atoms with Gasteiger partial charge in [-0.1, -0.05) is 0 Å². The first-order valence-corrected chi connectivity index (χ1v) is 6.96. The third-order valence-electron chi connectivity index (χ3n) is 3.60. The molecule has 0 aromatic carbocycles. The van der Waals surface area contributed by atoms with Crippen molar-refractivity contribution in [2.24, 2.45) is 0 Å². The molecule has 1 aliphatic heterocycles. The lowest BCUT2D eigenvalue weighted by Crippen LogP contribution is -2.35. The third kappa shape index (κ3) is 3.48. The summed E-state index contributed by atoms with van der Waals surface area (Å²) in [4.78, 5) is 46.8. The van der Waals surface area contributed by atoms with Crippen LogP contribution in [0.2, 0.25) is 0 Å². The monoisotopic (exact) mass is 295 g/mol. The summed E-state index contributed by atoms with van der Waals surface area (Å²) < 4.78 is 4.84. The van der Waals surface area contributed by atoms with Crippen molar-refractivity contribution in [1.82, 2.24) is 4.90 Å². The standard InChI is InChI=1S/C14H17NO6/c16-11(17)5-6-12(18)21-8-7-15-13(19)9-3-1-2-4-10(9)14(15)20/h1-8H2,(H,16,17). The molecule has 1 aliphatic carbocycles. The number of hydrogen-bond donors (Lipinski definition) is 1. The molecule has 21 heavy (non-hydrogen) atoms. The molecule has 2 aliphatic rings. The van der Waals surface area contributed by atoms with Crippen molar-refractivity contribution in [3.63, 3.8) is 0 Å². The maximum atomic E-state index is 12.1. The van der Waals surface area contributed by atoms with E-state index in [1.165, 1.54) is 0 Å². The van der Waals surface area contributed by atoms with Crippen molar-refractivity contribution in [2.45, 2.75) is 38.5 Å². The number of imide groups is 1. The molecule has 114 valence electrons. The van der Waals surface area contributed by atoms with Gasteiger partial charge in [0, 0.05) is 11.1 Å². The maximum Gasteiger partial charge on any atom is 0.306 e. The SMILES string of the molecule is O=C(O)CCC(=O)OCCN1C(=O)C2=C(CCCC2)C1=O. The van der Waals surface area contributed by atoms with Gasteiger partial charge in [-0.2, -0.15) is 0 Å². The molecule has 0 aromatic rings. The minimum atomic E-state index is -1.08. The summed E-state index contributed by atoms with van der Waals surface area (Å²) in [5, 5.41) is 8.44. The first-order chi connectivity index (χ1) is 10.0. The normalized spacial score (nSPS) is 18.0. The van der Waals surface area contributed by atoms with E-state index in [0.717, 1.165) is 17.7 Å². The number of nitrogens with zero attached hydrogens (tertiary/aromatic N) is 1. The number of ether oxygens (including phenoxy) is 1. The second kappa shape index (κ2) is 6.51. The Bertz CT molecular complexity index is 494. The van der Waals surface area contributed by atoms with Gasteiger partial charge in [-0.25, -0.2) is 0 Å². The van der Waals surface area contributed by atoms with Gasteiger partial charge in [0.05, 0.1) is 19.4 Å². The highest BCUT2D eigenvalue weighted by atomic mass is 16.5. The second-order valence-electron chi connectivity index (χ2n) is 5.04. The van der Waals surface area contributed by atoms with Gasteiger partial charge in [-0.3, -0.25) is 24.1 Å². The Kier molecular flexibility index (Phi) is 4.72. The van der Waals surface area contributed by atoms with E-state index in [-0.39, 0.29) is 37.8 Å². The second-order valence-corrected chi connectivity index (χ2v) is 5.04. The number of carbonyl (C=O) groups excluding carboxylic acids is 3.